The number of rotatable bonds is 5. The fourth-order valence-corrected chi connectivity index (χ4v) is 3.68. The number of benzene rings is 1. The Morgan fingerprint density at radius 3 is 2.41 bits per heavy atom. The number of methoxy groups -OCH3 is 1. The van der Waals surface area contributed by atoms with Crippen LogP contribution in [0.3, 0.4) is 0 Å². The zero-order valence-corrected chi connectivity index (χ0v) is 16.8. The summed E-state index contributed by atoms with van der Waals surface area (Å²) in [6, 6.07) is 5.75. The average Bonchev–Trinajstić information content (AvgIpc) is 3.20. The number of fused-ring (bicyclic) bond motifs is 3. The quantitative estimate of drug-likeness (QED) is 0.511. The van der Waals surface area contributed by atoms with Crippen LogP contribution in [0.5, 0.6) is 0 Å². The minimum absolute atomic E-state index is 0.0529. The first-order valence-electron chi connectivity index (χ1n) is 9.26. The summed E-state index contributed by atoms with van der Waals surface area (Å²) in [6.45, 7) is 5.02. The van der Waals surface area contributed by atoms with Crippen molar-refractivity contribution in [1.29, 1.82) is 0 Å². The van der Waals surface area contributed by atoms with Crippen molar-refractivity contribution in [3.05, 3.63) is 67.9 Å². The van der Waals surface area contributed by atoms with Crippen LogP contribution in [0.25, 0.3) is 16.9 Å². The number of ether oxygens (including phenoxy) is 1. The SMILES string of the molecule is COCCn1c(C)c(C)n2c3c(=O)n(Cc4ccc(F)cc4)c(=O)n(C)c3nc12. The molecule has 0 aliphatic rings. The molecule has 1 aromatic carbocycles. The lowest BCUT2D eigenvalue weighted by atomic mass is 10.2. The zero-order valence-electron chi connectivity index (χ0n) is 16.8. The van der Waals surface area contributed by atoms with E-state index in [1.165, 1.54) is 16.7 Å². The third-order valence-electron chi connectivity index (χ3n) is 5.40. The maximum absolute atomic E-state index is 13.3. The molecule has 4 aromatic rings. The number of halogens is 1. The van der Waals surface area contributed by atoms with Crippen LogP contribution in [0.4, 0.5) is 4.39 Å². The number of aryl methyl sites for hydroxylation is 2. The van der Waals surface area contributed by atoms with Gasteiger partial charge in [-0.25, -0.2) is 9.18 Å². The smallest absolute Gasteiger partial charge is 0.332 e. The van der Waals surface area contributed by atoms with Gasteiger partial charge in [0.1, 0.15) is 5.82 Å². The van der Waals surface area contributed by atoms with Gasteiger partial charge in [0.05, 0.1) is 13.2 Å². The summed E-state index contributed by atoms with van der Waals surface area (Å²) in [5.74, 6) is 0.226. The Kier molecular flexibility index (Phi) is 4.62. The van der Waals surface area contributed by atoms with Crippen LogP contribution >= 0.6 is 0 Å². The first-order valence-corrected chi connectivity index (χ1v) is 9.26. The normalized spacial score (nSPS) is 11.8. The van der Waals surface area contributed by atoms with Gasteiger partial charge in [0.15, 0.2) is 11.2 Å². The second kappa shape index (κ2) is 7.00. The maximum Gasteiger partial charge on any atom is 0.332 e. The highest BCUT2D eigenvalue weighted by molar-refractivity contribution is 5.76. The largest absolute Gasteiger partial charge is 0.383 e. The molecule has 9 heteroatoms. The molecule has 8 nitrogen and oxygen atoms in total. The van der Waals surface area contributed by atoms with Crippen LogP contribution in [-0.2, 0) is 24.9 Å². The van der Waals surface area contributed by atoms with E-state index in [2.05, 4.69) is 4.98 Å². The van der Waals surface area contributed by atoms with E-state index in [1.807, 2.05) is 18.4 Å². The van der Waals surface area contributed by atoms with Crippen molar-refractivity contribution in [1.82, 2.24) is 23.1 Å². The standard InChI is InChI=1S/C20H22FN5O3/c1-12-13(2)26-16-17(22-19(26)24(12)9-10-29-4)23(3)20(28)25(18(16)27)11-14-5-7-15(21)8-6-14/h5-8H,9-11H2,1-4H3. The predicted molar refractivity (Wildman–Crippen MR) is 107 cm³/mol. The lowest BCUT2D eigenvalue weighted by Gasteiger charge is -2.09. The van der Waals surface area contributed by atoms with Crippen molar-refractivity contribution in [2.75, 3.05) is 13.7 Å². The Balaban J connectivity index is 2.00. The van der Waals surface area contributed by atoms with Gasteiger partial charge in [-0.05, 0) is 31.5 Å². The molecule has 0 amide bonds. The molecule has 0 fully saturated rings. The first-order chi connectivity index (χ1) is 13.8. The highest BCUT2D eigenvalue weighted by Gasteiger charge is 2.22. The van der Waals surface area contributed by atoms with Crippen LogP contribution in [0.1, 0.15) is 17.0 Å². The second-order valence-corrected chi connectivity index (χ2v) is 7.09. The lowest BCUT2D eigenvalue weighted by molar-refractivity contribution is 0.187. The van der Waals surface area contributed by atoms with Crippen molar-refractivity contribution in [2.45, 2.75) is 26.9 Å². The molecule has 3 heterocycles. The van der Waals surface area contributed by atoms with Crippen molar-refractivity contribution in [3.8, 4) is 0 Å². The van der Waals surface area contributed by atoms with Gasteiger partial charge in [0, 0.05) is 32.1 Å². The number of aromatic nitrogens is 5. The molecular weight excluding hydrogens is 377 g/mol. The molecule has 0 saturated heterocycles. The average molecular weight is 399 g/mol. The summed E-state index contributed by atoms with van der Waals surface area (Å²) in [6.07, 6.45) is 0. The summed E-state index contributed by atoms with van der Waals surface area (Å²) in [7, 11) is 3.22. The molecule has 4 rings (SSSR count). The second-order valence-electron chi connectivity index (χ2n) is 7.09. The molecule has 0 aliphatic carbocycles. The van der Waals surface area contributed by atoms with E-state index in [9.17, 15) is 14.0 Å². The third-order valence-corrected chi connectivity index (χ3v) is 5.40. The minimum atomic E-state index is -0.467. The molecule has 0 aliphatic heterocycles. The van der Waals surface area contributed by atoms with Crippen molar-refractivity contribution < 1.29 is 9.13 Å². The van der Waals surface area contributed by atoms with Gasteiger partial charge in [-0.15, -0.1) is 0 Å². The monoisotopic (exact) mass is 399 g/mol. The molecule has 0 spiro atoms. The molecular formula is C20H22FN5O3. The molecule has 0 bridgehead atoms. The van der Waals surface area contributed by atoms with E-state index in [1.54, 1.807) is 30.7 Å². The Labute approximate surface area is 165 Å². The number of nitrogens with zero attached hydrogens (tertiary/aromatic N) is 5. The van der Waals surface area contributed by atoms with Gasteiger partial charge in [-0.1, -0.05) is 12.1 Å². The zero-order chi connectivity index (χ0) is 20.9. The molecule has 0 radical (unpaired) electrons. The van der Waals surface area contributed by atoms with Crippen LogP contribution in [0.2, 0.25) is 0 Å². The van der Waals surface area contributed by atoms with Gasteiger partial charge < -0.3 is 9.30 Å². The van der Waals surface area contributed by atoms with E-state index < -0.39 is 11.2 Å². The van der Waals surface area contributed by atoms with Gasteiger partial charge in [-0.3, -0.25) is 18.3 Å². The Bertz CT molecular complexity index is 1340. The molecule has 0 atom stereocenters. The Hall–Kier alpha value is -3.20. The molecule has 0 saturated carbocycles. The van der Waals surface area contributed by atoms with Crippen molar-refractivity contribution >= 4 is 16.9 Å². The molecule has 3 aromatic heterocycles. The summed E-state index contributed by atoms with van der Waals surface area (Å²) in [5, 5.41) is 0. The van der Waals surface area contributed by atoms with E-state index in [0.717, 1.165) is 16.0 Å². The summed E-state index contributed by atoms with van der Waals surface area (Å²) in [5.41, 5.74) is 2.31. The third kappa shape index (κ3) is 2.89. The van der Waals surface area contributed by atoms with Gasteiger partial charge in [-0.2, -0.15) is 4.98 Å². The van der Waals surface area contributed by atoms with Crippen LogP contribution < -0.4 is 11.2 Å². The summed E-state index contributed by atoms with van der Waals surface area (Å²) < 4.78 is 24.7. The lowest BCUT2D eigenvalue weighted by Crippen LogP contribution is -2.39. The van der Waals surface area contributed by atoms with E-state index in [4.69, 9.17) is 4.74 Å². The summed E-state index contributed by atoms with van der Waals surface area (Å²) >= 11 is 0. The fourth-order valence-electron chi connectivity index (χ4n) is 3.68. The van der Waals surface area contributed by atoms with E-state index in [-0.39, 0.29) is 12.4 Å². The highest BCUT2D eigenvalue weighted by Crippen LogP contribution is 2.20. The highest BCUT2D eigenvalue weighted by atomic mass is 19.1. The van der Waals surface area contributed by atoms with Gasteiger partial charge in [0.25, 0.3) is 5.56 Å². The Morgan fingerprint density at radius 1 is 1.07 bits per heavy atom. The van der Waals surface area contributed by atoms with Crippen LogP contribution in [-0.4, -0.2) is 36.8 Å². The Morgan fingerprint density at radius 2 is 1.76 bits per heavy atom. The molecule has 0 N–H and O–H groups in total. The number of hydrogen-bond donors (Lipinski definition) is 0. The topological polar surface area (TPSA) is 75.5 Å². The van der Waals surface area contributed by atoms with Gasteiger partial charge in [0.2, 0.25) is 5.78 Å². The van der Waals surface area contributed by atoms with E-state index >= 15 is 0 Å². The fraction of sp³-hybridized carbons (Fsp3) is 0.350. The van der Waals surface area contributed by atoms with E-state index in [0.29, 0.717) is 35.7 Å². The van der Waals surface area contributed by atoms with Crippen molar-refractivity contribution in [3.63, 3.8) is 0 Å². The number of imidazole rings is 2. The van der Waals surface area contributed by atoms with Crippen molar-refractivity contribution in [2.24, 2.45) is 7.05 Å². The van der Waals surface area contributed by atoms with Crippen LogP contribution in [0.15, 0.2) is 33.9 Å². The van der Waals surface area contributed by atoms with Gasteiger partial charge >= 0.3 is 5.69 Å². The molecule has 0 unspecified atom stereocenters. The maximum atomic E-state index is 13.3. The molecule has 29 heavy (non-hydrogen) atoms. The first kappa shape index (κ1) is 19.1. The van der Waals surface area contributed by atoms with Crippen LogP contribution in [0, 0.1) is 19.7 Å². The summed E-state index contributed by atoms with van der Waals surface area (Å²) in [4.78, 5) is 30.8. The minimum Gasteiger partial charge on any atom is -0.383 e. The predicted octanol–water partition coefficient (Wildman–Crippen LogP) is 1.60. The number of hydrogen-bond acceptors (Lipinski definition) is 4. The molecule has 152 valence electrons.